The minimum Gasteiger partial charge on any atom is -0.452 e. The van der Waals surface area contributed by atoms with E-state index in [0.717, 1.165) is 16.8 Å². The molecule has 2 aromatic rings. The van der Waals surface area contributed by atoms with Gasteiger partial charge in [0, 0.05) is 5.69 Å². The van der Waals surface area contributed by atoms with Crippen molar-refractivity contribution in [2.45, 2.75) is 11.8 Å². The van der Waals surface area contributed by atoms with E-state index in [2.05, 4.69) is 21.2 Å². The van der Waals surface area contributed by atoms with Crippen LogP contribution in [0.15, 0.2) is 39.4 Å². The number of rotatable bonds is 2. The van der Waals surface area contributed by atoms with Crippen molar-refractivity contribution in [2.75, 3.05) is 5.32 Å². The predicted octanol–water partition coefficient (Wildman–Crippen LogP) is 3.86. The van der Waals surface area contributed by atoms with Gasteiger partial charge in [0.15, 0.2) is 4.67 Å². The minimum absolute atomic E-state index is 0.0222. The number of hydrogen-bond acceptors (Lipinski definition) is 2. The summed E-state index contributed by atoms with van der Waals surface area (Å²) in [5.74, 6) is 0.704. The van der Waals surface area contributed by atoms with E-state index in [4.69, 9.17) is 16.0 Å². The number of carbonyl (C=O) groups excluding carboxylic acids is 1. The fourth-order valence-electron chi connectivity index (χ4n) is 2.04. The van der Waals surface area contributed by atoms with Crippen molar-refractivity contribution in [3.05, 3.63) is 51.9 Å². The Morgan fingerprint density at radius 3 is 2.89 bits per heavy atom. The lowest BCUT2D eigenvalue weighted by atomic mass is 10.0. The second kappa shape index (κ2) is 4.44. The van der Waals surface area contributed by atoms with Gasteiger partial charge in [-0.25, -0.2) is 0 Å². The SMILES string of the molecule is O=C1Cc2cc(C(Cl)c3ccc(Br)o3)ccc2N1. The summed E-state index contributed by atoms with van der Waals surface area (Å²) >= 11 is 9.61. The molecule has 3 rings (SSSR count). The average molecular weight is 327 g/mol. The molecule has 1 unspecified atom stereocenters. The van der Waals surface area contributed by atoms with Gasteiger partial charge in [-0.2, -0.15) is 0 Å². The molecular formula is C13H9BrClNO2. The van der Waals surface area contributed by atoms with Crippen LogP contribution in [0.4, 0.5) is 5.69 Å². The van der Waals surface area contributed by atoms with Crippen molar-refractivity contribution in [2.24, 2.45) is 0 Å². The molecule has 1 aromatic heterocycles. The van der Waals surface area contributed by atoms with Crippen molar-refractivity contribution in [3.8, 4) is 0 Å². The van der Waals surface area contributed by atoms with Gasteiger partial charge >= 0.3 is 0 Å². The largest absolute Gasteiger partial charge is 0.452 e. The van der Waals surface area contributed by atoms with Gasteiger partial charge in [-0.3, -0.25) is 4.79 Å². The molecule has 1 aromatic carbocycles. The van der Waals surface area contributed by atoms with Crippen molar-refractivity contribution in [1.29, 1.82) is 0 Å². The van der Waals surface area contributed by atoms with Crippen LogP contribution >= 0.6 is 27.5 Å². The highest BCUT2D eigenvalue weighted by atomic mass is 79.9. The molecule has 0 aliphatic carbocycles. The summed E-state index contributed by atoms with van der Waals surface area (Å²) in [7, 11) is 0. The lowest BCUT2D eigenvalue weighted by Crippen LogP contribution is -2.03. The number of alkyl halides is 1. The van der Waals surface area contributed by atoms with E-state index in [9.17, 15) is 4.79 Å². The fourth-order valence-corrected chi connectivity index (χ4v) is 2.61. The van der Waals surface area contributed by atoms with Crippen molar-refractivity contribution < 1.29 is 9.21 Å². The Morgan fingerprint density at radius 2 is 2.17 bits per heavy atom. The molecule has 92 valence electrons. The van der Waals surface area contributed by atoms with Crippen LogP contribution in [0.3, 0.4) is 0 Å². The van der Waals surface area contributed by atoms with Crippen molar-refractivity contribution >= 4 is 39.1 Å². The Kier molecular flexibility index (Phi) is 2.92. The molecule has 2 heterocycles. The first-order chi connectivity index (χ1) is 8.63. The number of anilines is 1. The first kappa shape index (κ1) is 11.8. The Balaban J connectivity index is 1.94. The van der Waals surface area contributed by atoms with Crippen LogP contribution < -0.4 is 5.32 Å². The van der Waals surface area contributed by atoms with Gasteiger partial charge in [0.25, 0.3) is 0 Å². The van der Waals surface area contributed by atoms with Crippen LogP contribution in [0.2, 0.25) is 0 Å². The van der Waals surface area contributed by atoms with E-state index in [-0.39, 0.29) is 11.3 Å². The molecule has 1 amide bonds. The number of amides is 1. The standard InChI is InChI=1S/C13H9BrClNO2/c14-11-4-3-10(18-11)13(15)7-1-2-9-8(5-7)6-12(17)16-9/h1-5,13H,6H2,(H,16,17). The maximum atomic E-state index is 11.3. The van der Waals surface area contributed by atoms with Crippen LogP contribution in [0.25, 0.3) is 0 Å². The molecule has 1 aliphatic heterocycles. The molecule has 1 atom stereocenters. The van der Waals surface area contributed by atoms with Gasteiger partial charge in [0.1, 0.15) is 11.1 Å². The fraction of sp³-hybridized carbons (Fsp3) is 0.154. The molecule has 18 heavy (non-hydrogen) atoms. The van der Waals surface area contributed by atoms with Crippen LogP contribution in [-0.4, -0.2) is 5.91 Å². The number of furan rings is 1. The third kappa shape index (κ3) is 2.06. The summed E-state index contributed by atoms with van der Waals surface area (Å²) in [6.07, 6.45) is 0.411. The third-order valence-electron chi connectivity index (χ3n) is 2.89. The van der Waals surface area contributed by atoms with E-state index >= 15 is 0 Å². The van der Waals surface area contributed by atoms with Crippen LogP contribution in [0, 0.1) is 0 Å². The van der Waals surface area contributed by atoms with E-state index < -0.39 is 0 Å². The topological polar surface area (TPSA) is 42.2 Å². The summed E-state index contributed by atoms with van der Waals surface area (Å²) < 4.78 is 6.10. The lowest BCUT2D eigenvalue weighted by molar-refractivity contribution is -0.115. The number of carbonyl (C=O) groups is 1. The summed E-state index contributed by atoms with van der Waals surface area (Å²) in [6, 6.07) is 9.37. The number of fused-ring (bicyclic) bond motifs is 1. The number of halogens is 2. The zero-order chi connectivity index (χ0) is 12.7. The molecule has 0 spiro atoms. The number of benzene rings is 1. The maximum absolute atomic E-state index is 11.3. The number of hydrogen-bond donors (Lipinski definition) is 1. The van der Waals surface area contributed by atoms with Crippen LogP contribution in [0.1, 0.15) is 22.3 Å². The Labute approximate surface area is 117 Å². The first-order valence-corrected chi connectivity index (χ1v) is 6.68. The van der Waals surface area contributed by atoms with Gasteiger partial charge in [0.2, 0.25) is 5.91 Å². The highest BCUT2D eigenvalue weighted by Gasteiger charge is 2.21. The molecular weight excluding hydrogens is 318 g/mol. The van der Waals surface area contributed by atoms with Crippen LogP contribution in [0.5, 0.6) is 0 Å². The monoisotopic (exact) mass is 325 g/mol. The molecule has 3 nitrogen and oxygen atoms in total. The van der Waals surface area contributed by atoms with Gasteiger partial charge in [0.05, 0.1) is 6.42 Å². The average Bonchev–Trinajstić information content (AvgIpc) is 2.92. The van der Waals surface area contributed by atoms with Crippen molar-refractivity contribution in [1.82, 2.24) is 0 Å². The summed E-state index contributed by atoms with van der Waals surface area (Å²) in [6.45, 7) is 0. The summed E-state index contributed by atoms with van der Waals surface area (Å²) in [5, 5.41) is 2.44. The van der Waals surface area contributed by atoms with Crippen molar-refractivity contribution in [3.63, 3.8) is 0 Å². The van der Waals surface area contributed by atoms with E-state index in [1.165, 1.54) is 0 Å². The highest BCUT2D eigenvalue weighted by molar-refractivity contribution is 9.10. The molecule has 0 saturated heterocycles. The van der Waals surface area contributed by atoms with Crippen LogP contribution in [-0.2, 0) is 11.2 Å². The minimum atomic E-state index is -0.350. The zero-order valence-corrected chi connectivity index (χ0v) is 11.6. The predicted molar refractivity (Wildman–Crippen MR) is 72.9 cm³/mol. The molecule has 1 N–H and O–H groups in total. The molecule has 0 bridgehead atoms. The third-order valence-corrected chi connectivity index (χ3v) is 3.78. The zero-order valence-electron chi connectivity index (χ0n) is 9.24. The summed E-state index contributed by atoms with van der Waals surface area (Å²) in [4.78, 5) is 11.3. The van der Waals surface area contributed by atoms with E-state index in [1.807, 2.05) is 30.3 Å². The maximum Gasteiger partial charge on any atom is 0.228 e. The molecule has 1 aliphatic rings. The smallest absolute Gasteiger partial charge is 0.228 e. The molecule has 0 saturated carbocycles. The first-order valence-electron chi connectivity index (χ1n) is 5.45. The lowest BCUT2D eigenvalue weighted by Gasteiger charge is -2.08. The Morgan fingerprint density at radius 1 is 1.33 bits per heavy atom. The van der Waals surface area contributed by atoms with Gasteiger partial charge < -0.3 is 9.73 Å². The molecule has 0 radical (unpaired) electrons. The second-order valence-electron chi connectivity index (χ2n) is 4.15. The molecule has 0 fully saturated rings. The normalized spacial score (nSPS) is 15.3. The summed E-state index contributed by atoms with van der Waals surface area (Å²) in [5.41, 5.74) is 2.77. The quantitative estimate of drug-likeness (QED) is 0.851. The Bertz CT molecular complexity index is 623. The van der Waals surface area contributed by atoms with Gasteiger partial charge in [-0.05, 0) is 45.3 Å². The van der Waals surface area contributed by atoms with E-state index in [1.54, 1.807) is 0 Å². The van der Waals surface area contributed by atoms with Gasteiger partial charge in [-0.15, -0.1) is 11.6 Å². The Hall–Kier alpha value is -1.26. The number of nitrogens with one attached hydrogen (secondary N) is 1. The highest BCUT2D eigenvalue weighted by Crippen LogP contribution is 2.34. The van der Waals surface area contributed by atoms with Gasteiger partial charge in [-0.1, -0.05) is 12.1 Å². The second-order valence-corrected chi connectivity index (χ2v) is 5.36. The van der Waals surface area contributed by atoms with E-state index in [0.29, 0.717) is 16.9 Å². The molecule has 5 heteroatoms.